The second kappa shape index (κ2) is 5.85. The number of benzene rings is 1. The summed E-state index contributed by atoms with van der Waals surface area (Å²) in [7, 11) is 3.57. The topological polar surface area (TPSA) is 64.2 Å². The highest BCUT2D eigenvalue weighted by atomic mass is 16.5. The van der Waals surface area contributed by atoms with E-state index in [1.165, 1.54) is 0 Å². The largest absolute Gasteiger partial charge is 0.355 e. The number of rotatable bonds is 4. The summed E-state index contributed by atoms with van der Waals surface area (Å²) >= 11 is 0. The molecule has 112 valence electrons. The minimum atomic E-state index is -0.185. The Bertz CT molecular complexity index is 776. The fourth-order valence-corrected chi connectivity index (χ4v) is 2.21. The van der Waals surface area contributed by atoms with Gasteiger partial charge >= 0.3 is 0 Å². The summed E-state index contributed by atoms with van der Waals surface area (Å²) in [6.07, 6.45) is 3.62. The van der Waals surface area contributed by atoms with E-state index in [0.29, 0.717) is 18.0 Å². The van der Waals surface area contributed by atoms with Gasteiger partial charge in [-0.25, -0.2) is 0 Å². The predicted molar refractivity (Wildman–Crippen MR) is 80.9 cm³/mol. The monoisotopic (exact) mass is 296 g/mol. The van der Waals surface area contributed by atoms with E-state index in [0.717, 1.165) is 11.1 Å². The Morgan fingerprint density at radius 2 is 2.09 bits per heavy atom. The Balaban J connectivity index is 1.74. The van der Waals surface area contributed by atoms with Crippen LogP contribution in [0.4, 0.5) is 0 Å². The number of nitrogens with zero attached hydrogens (tertiary/aromatic N) is 4. The molecule has 3 aromatic rings. The van der Waals surface area contributed by atoms with Gasteiger partial charge in [0.05, 0.1) is 6.20 Å². The zero-order valence-corrected chi connectivity index (χ0v) is 12.4. The van der Waals surface area contributed by atoms with Gasteiger partial charge in [0.2, 0.25) is 0 Å². The summed E-state index contributed by atoms with van der Waals surface area (Å²) in [6.45, 7) is 0.472. The van der Waals surface area contributed by atoms with Gasteiger partial charge in [-0.15, -0.1) is 0 Å². The number of aromatic nitrogens is 3. The van der Waals surface area contributed by atoms with Gasteiger partial charge in [-0.1, -0.05) is 35.5 Å². The van der Waals surface area contributed by atoms with Gasteiger partial charge in [-0.05, 0) is 0 Å². The van der Waals surface area contributed by atoms with Crippen LogP contribution in [-0.2, 0) is 13.6 Å². The normalized spacial score (nSPS) is 10.6. The van der Waals surface area contributed by atoms with Crippen molar-refractivity contribution in [3.8, 4) is 11.3 Å². The molecule has 0 atom stereocenters. The van der Waals surface area contributed by atoms with E-state index in [1.807, 2.05) is 43.6 Å². The first-order chi connectivity index (χ1) is 10.6. The molecule has 0 N–H and O–H groups in total. The predicted octanol–water partition coefficient (Wildman–Crippen LogP) is 2.35. The molecule has 0 spiro atoms. The fourth-order valence-electron chi connectivity index (χ4n) is 2.21. The van der Waals surface area contributed by atoms with Gasteiger partial charge in [-0.3, -0.25) is 9.48 Å². The molecular weight excluding hydrogens is 280 g/mol. The van der Waals surface area contributed by atoms with Crippen LogP contribution < -0.4 is 0 Å². The van der Waals surface area contributed by atoms with Crippen molar-refractivity contribution >= 4 is 5.91 Å². The van der Waals surface area contributed by atoms with Crippen molar-refractivity contribution < 1.29 is 9.32 Å². The van der Waals surface area contributed by atoms with Gasteiger partial charge < -0.3 is 9.42 Å². The van der Waals surface area contributed by atoms with Gasteiger partial charge in [-0.2, -0.15) is 5.10 Å². The van der Waals surface area contributed by atoms with Crippen LogP contribution in [0.2, 0.25) is 0 Å². The number of carbonyl (C=O) groups is 1. The van der Waals surface area contributed by atoms with Crippen LogP contribution >= 0.6 is 0 Å². The third kappa shape index (κ3) is 2.90. The lowest BCUT2D eigenvalue weighted by Gasteiger charge is -2.13. The van der Waals surface area contributed by atoms with Crippen LogP contribution in [-0.4, -0.2) is 32.8 Å². The Labute approximate surface area is 127 Å². The van der Waals surface area contributed by atoms with Gasteiger partial charge in [0.15, 0.2) is 11.5 Å². The SMILES string of the molecule is CN(Cc1cnn(C)c1)C(=O)c1cc(-c2ccccc2)on1. The fraction of sp³-hybridized carbons (Fsp3) is 0.188. The molecule has 3 rings (SSSR count). The van der Waals surface area contributed by atoms with Crippen molar-refractivity contribution in [3.05, 3.63) is 60.0 Å². The van der Waals surface area contributed by atoms with Crippen LogP contribution in [0.1, 0.15) is 16.1 Å². The number of hydrogen-bond donors (Lipinski definition) is 0. The smallest absolute Gasteiger partial charge is 0.276 e. The highest BCUT2D eigenvalue weighted by molar-refractivity contribution is 5.92. The molecule has 0 radical (unpaired) electrons. The van der Waals surface area contributed by atoms with E-state index in [2.05, 4.69) is 10.3 Å². The number of carbonyl (C=O) groups excluding carboxylic acids is 1. The molecule has 6 nitrogen and oxygen atoms in total. The Morgan fingerprint density at radius 3 is 2.77 bits per heavy atom. The Kier molecular flexibility index (Phi) is 3.74. The number of hydrogen-bond acceptors (Lipinski definition) is 4. The molecule has 6 heteroatoms. The van der Waals surface area contributed by atoms with Crippen LogP contribution in [0.15, 0.2) is 53.3 Å². The van der Waals surface area contributed by atoms with Crippen LogP contribution in [0.25, 0.3) is 11.3 Å². The van der Waals surface area contributed by atoms with Crippen LogP contribution in [0.3, 0.4) is 0 Å². The lowest BCUT2D eigenvalue weighted by molar-refractivity contribution is 0.0775. The van der Waals surface area contributed by atoms with E-state index in [-0.39, 0.29) is 5.91 Å². The summed E-state index contributed by atoms with van der Waals surface area (Å²) in [6, 6.07) is 11.2. The summed E-state index contributed by atoms with van der Waals surface area (Å²) in [5, 5.41) is 7.96. The van der Waals surface area contributed by atoms with Gasteiger partial charge in [0.1, 0.15) is 0 Å². The maximum Gasteiger partial charge on any atom is 0.276 e. The first-order valence-electron chi connectivity index (χ1n) is 6.88. The van der Waals surface area contributed by atoms with Crippen molar-refractivity contribution in [2.45, 2.75) is 6.54 Å². The molecule has 0 aliphatic carbocycles. The summed E-state index contributed by atoms with van der Waals surface area (Å²) in [5.74, 6) is 0.397. The third-order valence-electron chi connectivity index (χ3n) is 3.31. The zero-order valence-electron chi connectivity index (χ0n) is 12.4. The molecule has 0 fully saturated rings. The highest BCUT2D eigenvalue weighted by Gasteiger charge is 2.18. The molecule has 0 unspecified atom stereocenters. The Hall–Kier alpha value is -2.89. The molecule has 0 saturated heterocycles. The molecule has 0 aliphatic heterocycles. The van der Waals surface area contributed by atoms with Crippen molar-refractivity contribution in [1.29, 1.82) is 0 Å². The maximum absolute atomic E-state index is 12.4. The minimum absolute atomic E-state index is 0.185. The lowest BCUT2D eigenvalue weighted by Crippen LogP contribution is -2.26. The van der Waals surface area contributed by atoms with Gasteiger partial charge in [0, 0.05) is 44.0 Å². The summed E-state index contributed by atoms with van der Waals surface area (Å²) in [5.41, 5.74) is 2.15. The zero-order chi connectivity index (χ0) is 15.5. The average Bonchev–Trinajstić information content (AvgIpc) is 3.17. The van der Waals surface area contributed by atoms with E-state index in [1.54, 1.807) is 28.9 Å². The summed E-state index contributed by atoms with van der Waals surface area (Å²) < 4.78 is 6.97. The molecule has 0 saturated carbocycles. The quantitative estimate of drug-likeness (QED) is 0.741. The van der Waals surface area contributed by atoms with Crippen molar-refractivity contribution in [1.82, 2.24) is 19.8 Å². The van der Waals surface area contributed by atoms with Crippen molar-refractivity contribution in [2.75, 3.05) is 7.05 Å². The standard InChI is InChI=1S/C16H16N4O2/c1-19(10-12-9-17-20(2)11-12)16(21)14-8-15(22-18-14)13-6-4-3-5-7-13/h3-9,11H,10H2,1-2H3. The van der Waals surface area contributed by atoms with Gasteiger partial charge in [0.25, 0.3) is 5.91 Å². The van der Waals surface area contributed by atoms with E-state index >= 15 is 0 Å². The molecule has 1 aromatic carbocycles. The first-order valence-corrected chi connectivity index (χ1v) is 6.88. The molecule has 0 aliphatic rings. The maximum atomic E-state index is 12.4. The minimum Gasteiger partial charge on any atom is -0.355 e. The Morgan fingerprint density at radius 1 is 1.32 bits per heavy atom. The van der Waals surface area contributed by atoms with E-state index in [9.17, 15) is 4.79 Å². The van der Waals surface area contributed by atoms with Crippen molar-refractivity contribution in [2.24, 2.45) is 7.05 Å². The molecular formula is C16H16N4O2. The van der Waals surface area contributed by atoms with Crippen LogP contribution in [0, 0.1) is 0 Å². The van der Waals surface area contributed by atoms with Crippen LogP contribution in [0.5, 0.6) is 0 Å². The average molecular weight is 296 g/mol. The molecule has 22 heavy (non-hydrogen) atoms. The highest BCUT2D eigenvalue weighted by Crippen LogP contribution is 2.20. The molecule has 0 bridgehead atoms. The van der Waals surface area contributed by atoms with E-state index < -0.39 is 0 Å². The number of amides is 1. The second-order valence-electron chi connectivity index (χ2n) is 5.13. The molecule has 2 heterocycles. The van der Waals surface area contributed by atoms with Crippen molar-refractivity contribution in [3.63, 3.8) is 0 Å². The number of aryl methyl sites for hydroxylation is 1. The summed E-state index contributed by atoms with van der Waals surface area (Å²) in [4.78, 5) is 14.0. The van der Waals surface area contributed by atoms with E-state index in [4.69, 9.17) is 4.52 Å². The lowest BCUT2D eigenvalue weighted by atomic mass is 10.1. The first kappa shape index (κ1) is 14.1. The molecule has 2 aromatic heterocycles. The second-order valence-corrected chi connectivity index (χ2v) is 5.13. The molecule has 1 amide bonds. The third-order valence-corrected chi connectivity index (χ3v) is 3.31.